The van der Waals surface area contributed by atoms with Gasteiger partial charge in [0.2, 0.25) is 6.10 Å². The molecule has 0 fully saturated rings. The minimum Gasteiger partial charge on any atom is -0.481 e. The fourth-order valence-electron chi connectivity index (χ4n) is 1.42. The molecule has 0 aromatic heterocycles. The van der Waals surface area contributed by atoms with Crippen molar-refractivity contribution in [3.05, 3.63) is 29.8 Å². The van der Waals surface area contributed by atoms with E-state index in [1.807, 2.05) is 0 Å². The summed E-state index contributed by atoms with van der Waals surface area (Å²) in [5.74, 6) is -1.62. The van der Waals surface area contributed by atoms with E-state index >= 15 is 0 Å². The van der Waals surface area contributed by atoms with Crippen LogP contribution in [-0.4, -0.2) is 30.5 Å². The summed E-state index contributed by atoms with van der Waals surface area (Å²) >= 11 is 0. The average Bonchev–Trinajstić information content (AvgIpc) is 2.27. The maximum atomic E-state index is 12.6. The Hall–Kier alpha value is -1.76. The predicted molar refractivity (Wildman–Crippen MR) is 59.9 cm³/mol. The van der Waals surface area contributed by atoms with E-state index in [1.165, 1.54) is 25.3 Å². The van der Waals surface area contributed by atoms with Crippen molar-refractivity contribution in [3.8, 4) is 5.75 Å². The minimum atomic E-state index is -4.74. The second-order valence-corrected chi connectivity index (χ2v) is 3.83. The molecule has 0 aliphatic rings. The van der Waals surface area contributed by atoms with Gasteiger partial charge in [-0.05, 0) is 17.7 Å². The van der Waals surface area contributed by atoms with Crippen molar-refractivity contribution in [2.45, 2.75) is 25.3 Å². The first kappa shape index (κ1) is 15.3. The van der Waals surface area contributed by atoms with Gasteiger partial charge in [-0.3, -0.25) is 4.79 Å². The zero-order valence-corrected chi connectivity index (χ0v) is 10.1. The van der Waals surface area contributed by atoms with E-state index in [2.05, 4.69) is 0 Å². The number of aliphatic carboxylic acids is 1. The molecule has 0 spiro atoms. The van der Waals surface area contributed by atoms with Crippen LogP contribution in [0.3, 0.4) is 0 Å². The van der Waals surface area contributed by atoms with Crippen molar-refractivity contribution >= 4 is 5.97 Å². The monoisotopic (exact) mass is 278 g/mol. The van der Waals surface area contributed by atoms with E-state index in [0.29, 0.717) is 5.56 Å². The molecule has 0 aliphatic carbocycles. The highest BCUT2D eigenvalue weighted by molar-refractivity contribution is 5.67. The van der Waals surface area contributed by atoms with E-state index in [-0.39, 0.29) is 12.4 Å². The van der Waals surface area contributed by atoms with Gasteiger partial charge in [-0.1, -0.05) is 12.1 Å². The number of benzene rings is 1. The molecule has 0 radical (unpaired) electrons. The number of ether oxygens (including phenoxy) is 2. The lowest BCUT2D eigenvalue weighted by molar-refractivity contribution is -0.200. The molecule has 1 rings (SSSR count). The van der Waals surface area contributed by atoms with Crippen LogP contribution in [0, 0.1) is 0 Å². The molecule has 0 heterocycles. The molecule has 4 nitrogen and oxygen atoms in total. The normalized spacial score (nSPS) is 13.1. The Bertz CT molecular complexity index is 431. The second kappa shape index (κ2) is 6.42. The third-order valence-corrected chi connectivity index (χ3v) is 2.21. The van der Waals surface area contributed by atoms with Gasteiger partial charge in [0, 0.05) is 7.11 Å². The van der Waals surface area contributed by atoms with Crippen LogP contribution in [-0.2, 0) is 16.1 Å². The zero-order chi connectivity index (χ0) is 14.5. The summed E-state index contributed by atoms with van der Waals surface area (Å²) in [5, 5.41) is 8.46. The molecule has 0 amide bonds. The number of carboxylic acids is 1. The van der Waals surface area contributed by atoms with E-state index in [9.17, 15) is 18.0 Å². The first-order chi connectivity index (χ1) is 8.82. The number of carbonyl (C=O) groups is 1. The highest BCUT2D eigenvalue weighted by Gasteiger charge is 2.43. The van der Waals surface area contributed by atoms with Gasteiger partial charge in [-0.15, -0.1) is 0 Å². The van der Waals surface area contributed by atoms with Gasteiger partial charge < -0.3 is 14.6 Å². The molecule has 1 aromatic carbocycles. The van der Waals surface area contributed by atoms with Gasteiger partial charge in [0.15, 0.2) is 0 Å². The topological polar surface area (TPSA) is 55.8 Å². The quantitative estimate of drug-likeness (QED) is 0.869. The number of hydrogen-bond acceptors (Lipinski definition) is 3. The lowest BCUT2D eigenvalue weighted by Crippen LogP contribution is -2.36. The van der Waals surface area contributed by atoms with E-state index in [0.717, 1.165) is 0 Å². The van der Waals surface area contributed by atoms with Crippen LogP contribution in [0.5, 0.6) is 5.75 Å². The molecule has 19 heavy (non-hydrogen) atoms. The molecular weight excluding hydrogens is 265 g/mol. The molecule has 0 aliphatic heterocycles. The van der Waals surface area contributed by atoms with Crippen LogP contribution in [0.2, 0.25) is 0 Å². The average molecular weight is 278 g/mol. The van der Waals surface area contributed by atoms with Gasteiger partial charge in [0.05, 0.1) is 13.0 Å². The molecule has 0 saturated heterocycles. The fraction of sp³-hybridized carbons (Fsp3) is 0.417. The Morgan fingerprint density at radius 3 is 2.63 bits per heavy atom. The standard InChI is InChI=1S/C12H13F3O4/c1-18-7-8-3-2-4-9(5-8)19-10(6-11(16)17)12(13,14)15/h2-5,10H,6-7H2,1H3,(H,16,17). The highest BCUT2D eigenvalue weighted by Crippen LogP contribution is 2.27. The summed E-state index contributed by atoms with van der Waals surface area (Å²) in [7, 11) is 1.45. The van der Waals surface area contributed by atoms with Crippen molar-refractivity contribution < 1.29 is 32.5 Å². The lowest BCUT2D eigenvalue weighted by Gasteiger charge is -2.20. The Labute approximate surface area is 107 Å². The number of halogens is 3. The highest BCUT2D eigenvalue weighted by atomic mass is 19.4. The van der Waals surface area contributed by atoms with Crippen LogP contribution in [0.25, 0.3) is 0 Å². The van der Waals surface area contributed by atoms with Crippen molar-refractivity contribution in [3.63, 3.8) is 0 Å². The van der Waals surface area contributed by atoms with E-state index in [1.54, 1.807) is 6.07 Å². The first-order valence-corrected chi connectivity index (χ1v) is 5.36. The zero-order valence-electron chi connectivity index (χ0n) is 10.1. The molecule has 7 heteroatoms. The van der Waals surface area contributed by atoms with Gasteiger partial charge in [0.25, 0.3) is 0 Å². The van der Waals surface area contributed by atoms with Crippen molar-refractivity contribution in [2.75, 3.05) is 7.11 Å². The van der Waals surface area contributed by atoms with E-state index in [4.69, 9.17) is 14.6 Å². The molecule has 1 aromatic rings. The Kier molecular flexibility index (Phi) is 5.17. The molecule has 0 saturated carbocycles. The van der Waals surface area contributed by atoms with Gasteiger partial charge in [0.1, 0.15) is 5.75 Å². The van der Waals surface area contributed by atoms with Crippen LogP contribution in [0.15, 0.2) is 24.3 Å². The summed E-state index contributed by atoms with van der Waals surface area (Å²) < 4.78 is 47.4. The summed E-state index contributed by atoms with van der Waals surface area (Å²) in [6, 6.07) is 5.89. The summed E-state index contributed by atoms with van der Waals surface area (Å²) in [6.45, 7) is 0.229. The van der Waals surface area contributed by atoms with Crippen LogP contribution in [0.4, 0.5) is 13.2 Å². The molecule has 1 N–H and O–H groups in total. The third kappa shape index (κ3) is 5.17. The van der Waals surface area contributed by atoms with Crippen LogP contribution < -0.4 is 4.74 Å². The SMILES string of the molecule is COCc1cccc(OC(CC(=O)O)C(F)(F)F)c1. The maximum absolute atomic E-state index is 12.6. The maximum Gasteiger partial charge on any atom is 0.425 e. The number of alkyl halides is 3. The number of rotatable bonds is 6. The van der Waals surface area contributed by atoms with Crippen molar-refractivity contribution in [1.29, 1.82) is 0 Å². The molecular formula is C12H13F3O4. The van der Waals surface area contributed by atoms with E-state index < -0.39 is 24.7 Å². The number of carboxylic acid groups (broad SMARTS) is 1. The van der Waals surface area contributed by atoms with Crippen molar-refractivity contribution in [2.24, 2.45) is 0 Å². The number of hydrogen-bond donors (Lipinski definition) is 1. The Morgan fingerprint density at radius 1 is 1.42 bits per heavy atom. The first-order valence-electron chi connectivity index (χ1n) is 5.36. The largest absolute Gasteiger partial charge is 0.481 e. The fourth-order valence-corrected chi connectivity index (χ4v) is 1.42. The van der Waals surface area contributed by atoms with Crippen LogP contribution >= 0.6 is 0 Å². The predicted octanol–water partition coefficient (Wildman–Crippen LogP) is 2.62. The van der Waals surface area contributed by atoms with Gasteiger partial charge >= 0.3 is 12.1 Å². The second-order valence-electron chi connectivity index (χ2n) is 3.83. The smallest absolute Gasteiger partial charge is 0.425 e. The summed E-state index contributed by atoms with van der Waals surface area (Å²) in [6.07, 6.45) is -8.25. The van der Waals surface area contributed by atoms with Crippen molar-refractivity contribution in [1.82, 2.24) is 0 Å². The third-order valence-electron chi connectivity index (χ3n) is 2.21. The van der Waals surface area contributed by atoms with Gasteiger partial charge in [-0.25, -0.2) is 0 Å². The minimum absolute atomic E-state index is 0.0434. The Balaban J connectivity index is 2.83. The summed E-state index contributed by atoms with van der Waals surface area (Å²) in [5.41, 5.74) is 0.635. The van der Waals surface area contributed by atoms with Gasteiger partial charge in [-0.2, -0.15) is 13.2 Å². The molecule has 1 unspecified atom stereocenters. The molecule has 1 atom stereocenters. The number of methoxy groups -OCH3 is 1. The molecule has 106 valence electrons. The summed E-state index contributed by atoms with van der Waals surface area (Å²) in [4.78, 5) is 10.4. The van der Waals surface area contributed by atoms with Crippen LogP contribution in [0.1, 0.15) is 12.0 Å². The Morgan fingerprint density at radius 2 is 2.11 bits per heavy atom. The molecule has 0 bridgehead atoms. The lowest BCUT2D eigenvalue weighted by atomic mass is 10.2.